The summed E-state index contributed by atoms with van der Waals surface area (Å²) in [6.45, 7) is 0. The van der Waals surface area contributed by atoms with E-state index in [1.165, 1.54) is 6.07 Å². The van der Waals surface area contributed by atoms with E-state index >= 15 is 0 Å². The zero-order valence-corrected chi connectivity index (χ0v) is 9.38. The molecule has 0 unspecified atom stereocenters. The predicted molar refractivity (Wildman–Crippen MR) is 64.6 cm³/mol. The van der Waals surface area contributed by atoms with Gasteiger partial charge in [0.25, 0.3) is 0 Å². The Kier molecular flexibility index (Phi) is 3.41. The number of benzene rings is 1. The van der Waals surface area contributed by atoms with Crippen molar-refractivity contribution in [1.29, 1.82) is 0 Å². The predicted octanol–water partition coefficient (Wildman–Crippen LogP) is 3.10. The zero-order valence-electron chi connectivity index (χ0n) is 8.56. The Labute approximate surface area is 97.7 Å². The molecule has 1 heterocycles. The number of hydrogen-bond acceptors (Lipinski definition) is 3. The second-order valence-corrected chi connectivity index (χ2v) is 4.31. The van der Waals surface area contributed by atoms with Gasteiger partial charge in [-0.1, -0.05) is 12.1 Å². The van der Waals surface area contributed by atoms with E-state index in [4.69, 9.17) is 5.73 Å². The van der Waals surface area contributed by atoms with E-state index < -0.39 is 0 Å². The monoisotopic (exact) mass is 234 g/mol. The van der Waals surface area contributed by atoms with Crippen LogP contribution < -0.4 is 5.73 Å². The third-order valence-corrected chi connectivity index (χ3v) is 3.10. The van der Waals surface area contributed by atoms with Crippen molar-refractivity contribution < 1.29 is 4.39 Å². The average molecular weight is 234 g/mol. The Hall–Kier alpha value is -1.55. The molecule has 2 nitrogen and oxygen atoms in total. The number of nitrogen functional groups attached to an aromatic ring is 1. The average Bonchev–Trinajstić information content (AvgIpc) is 2.32. The summed E-state index contributed by atoms with van der Waals surface area (Å²) in [5.74, 6) is 0.327. The molecule has 0 aliphatic rings. The van der Waals surface area contributed by atoms with E-state index in [1.807, 2.05) is 24.3 Å². The van der Waals surface area contributed by atoms with Crippen molar-refractivity contribution in [3.63, 3.8) is 0 Å². The Morgan fingerprint density at radius 2 is 2.12 bits per heavy atom. The highest BCUT2D eigenvalue weighted by Crippen LogP contribution is 2.22. The maximum Gasteiger partial charge on any atom is 0.146 e. The number of anilines is 1. The molecule has 0 saturated carbocycles. The first kappa shape index (κ1) is 11.0. The third-order valence-electron chi connectivity index (χ3n) is 2.09. The first-order valence-electron chi connectivity index (χ1n) is 4.83. The van der Waals surface area contributed by atoms with Gasteiger partial charge in [0.05, 0.1) is 10.7 Å². The summed E-state index contributed by atoms with van der Waals surface area (Å²) in [5, 5.41) is 0.930. The van der Waals surface area contributed by atoms with Crippen molar-refractivity contribution in [2.45, 2.75) is 10.8 Å². The molecule has 0 aliphatic carbocycles. The molecule has 0 aliphatic heterocycles. The van der Waals surface area contributed by atoms with E-state index in [9.17, 15) is 4.39 Å². The molecule has 0 amide bonds. The number of rotatable bonds is 3. The summed E-state index contributed by atoms with van der Waals surface area (Å²) < 4.78 is 13.2. The Bertz CT molecular complexity index is 474. The van der Waals surface area contributed by atoms with Crippen LogP contribution in [-0.2, 0) is 5.75 Å². The highest BCUT2D eigenvalue weighted by molar-refractivity contribution is 7.98. The summed E-state index contributed by atoms with van der Waals surface area (Å²) in [6, 6.07) is 10.6. The van der Waals surface area contributed by atoms with E-state index in [1.54, 1.807) is 24.0 Å². The zero-order chi connectivity index (χ0) is 11.4. The number of nitrogens with zero attached hydrogens (tertiary/aromatic N) is 1. The fraction of sp³-hybridized carbons (Fsp3) is 0.0833. The Balaban J connectivity index is 2.03. The molecule has 0 bridgehead atoms. The number of nitrogens with two attached hydrogens (primary N) is 1. The number of hydrogen-bond donors (Lipinski definition) is 1. The lowest BCUT2D eigenvalue weighted by Crippen LogP contribution is -1.91. The molecule has 4 heteroatoms. The van der Waals surface area contributed by atoms with Crippen molar-refractivity contribution in [1.82, 2.24) is 4.98 Å². The molecule has 1 aromatic heterocycles. The van der Waals surface area contributed by atoms with Crippen molar-refractivity contribution in [2.24, 2.45) is 0 Å². The minimum absolute atomic E-state index is 0.187. The van der Waals surface area contributed by atoms with Crippen LogP contribution in [0.15, 0.2) is 47.6 Å². The van der Waals surface area contributed by atoms with Crippen LogP contribution in [0.3, 0.4) is 0 Å². The highest BCUT2D eigenvalue weighted by atomic mass is 32.2. The number of aromatic nitrogens is 1. The standard InChI is InChI=1S/C12H11FN2S/c13-10-7-9(4-5-11(10)14)8-16-12-3-1-2-6-15-12/h1-7H,8,14H2. The van der Waals surface area contributed by atoms with Crippen molar-refractivity contribution >= 4 is 17.4 Å². The first-order valence-corrected chi connectivity index (χ1v) is 5.82. The van der Waals surface area contributed by atoms with Crippen molar-refractivity contribution in [3.8, 4) is 0 Å². The van der Waals surface area contributed by atoms with E-state index in [-0.39, 0.29) is 11.5 Å². The lowest BCUT2D eigenvalue weighted by Gasteiger charge is -2.02. The van der Waals surface area contributed by atoms with Crippen LogP contribution in [0.25, 0.3) is 0 Å². The molecule has 16 heavy (non-hydrogen) atoms. The molecule has 82 valence electrons. The summed E-state index contributed by atoms with van der Waals surface area (Å²) in [4.78, 5) is 4.18. The SMILES string of the molecule is Nc1ccc(CSc2ccccn2)cc1F. The summed E-state index contributed by atoms with van der Waals surface area (Å²) in [7, 11) is 0. The largest absolute Gasteiger partial charge is 0.396 e. The van der Waals surface area contributed by atoms with Gasteiger partial charge in [-0.15, -0.1) is 11.8 Å². The van der Waals surface area contributed by atoms with E-state index in [0.29, 0.717) is 5.75 Å². The first-order chi connectivity index (χ1) is 7.75. The summed E-state index contributed by atoms with van der Waals surface area (Å²) >= 11 is 1.57. The minimum atomic E-state index is -0.362. The van der Waals surface area contributed by atoms with Crippen LogP contribution in [0.5, 0.6) is 0 Å². The van der Waals surface area contributed by atoms with E-state index in [2.05, 4.69) is 4.98 Å². The molecule has 2 N–H and O–H groups in total. The van der Waals surface area contributed by atoms with Gasteiger partial charge < -0.3 is 5.73 Å². The molecule has 0 fully saturated rings. The fourth-order valence-electron chi connectivity index (χ4n) is 1.25. The van der Waals surface area contributed by atoms with Gasteiger partial charge >= 0.3 is 0 Å². The summed E-state index contributed by atoms with van der Waals surface area (Å²) in [5.41, 5.74) is 6.49. The third kappa shape index (κ3) is 2.73. The Morgan fingerprint density at radius 1 is 1.25 bits per heavy atom. The van der Waals surface area contributed by atoms with Gasteiger partial charge in [0.15, 0.2) is 0 Å². The van der Waals surface area contributed by atoms with Crippen molar-refractivity contribution in [3.05, 3.63) is 54.0 Å². The minimum Gasteiger partial charge on any atom is -0.396 e. The maximum absolute atomic E-state index is 13.2. The molecule has 1 aromatic carbocycles. The molecule has 0 radical (unpaired) electrons. The van der Waals surface area contributed by atoms with Crippen LogP contribution in [0.4, 0.5) is 10.1 Å². The molecule has 0 spiro atoms. The number of thioether (sulfide) groups is 1. The molecule has 0 atom stereocenters. The molecule has 2 aromatic rings. The van der Waals surface area contributed by atoms with Gasteiger partial charge in [-0.2, -0.15) is 0 Å². The smallest absolute Gasteiger partial charge is 0.146 e. The maximum atomic E-state index is 13.2. The topological polar surface area (TPSA) is 38.9 Å². The Morgan fingerprint density at radius 3 is 2.81 bits per heavy atom. The van der Waals surface area contributed by atoms with Gasteiger partial charge in [0.2, 0.25) is 0 Å². The van der Waals surface area contributed by atoms with Gasteiger partial charge in [-0.25, -0.2) is 9.37 Å². The second kappa shape index (κ2) is 4.99. The van der Waals surface area contributed by atoms with Crippen LogP contribution in [0.1, 0.15) is 5.56 Å². The van der Waals surface area contributed by atoms with Gasteiger partial charge in [0, 0.05) is 11.9 Å². The van der Waals surface area contributed by atoms with E-state index in [0.717, 1.165) is 10.6 Å². The lowest BCUT2D eigenvalue weighted by atomic mass is 10.2. The molecule has 2 rings (SSSR count). The quantitative estimate of drug-likeness (QED) is 0.655. The highest BCUT2D eigenvalue weighted by Gasteiger charge is 2.01. The van der Waals surface area contributed by atoms with Crippen LogP contribution >= 0.6 is 11.8 Å². The molecular formula is C12H11FN2S. The summed E-state index contributed by atoms with van der Waals surface area (Å²) in [6.07, 6.45) is 1.74. The van der Waals surface area contributed by atoms with Gasteiger partial charge in [-0.05, 0) is 29.8 Å². The molecular weight excluding hydrogens is 223 g/mol. The fourth-order valence-corrected chi connectivity index (χ4v) is 2.05. The lowest BCUT2D eigenvalue weighted by molar-refractivity contribution is 0.631. The molecule has 0 saturated heterocycles. The number of halogens is 1. The van der Waals surface area contributed by atoms with Crippen LogP contribution in [0, 0.1) is 5.82 Å². The van der Waals surface area contributed by atoms with Gasteiger partial charge in [0.1, 0.15) is 5.82 Å². The van der Waals surface area contributed by atoms with Crippen molar-refractivity contribution in [2.75, 3.05) is 5.73 Å². The second-order valence-electron chi connectivity index (χ2n) is 3.31. The van der Waals surface area contributed by atoms with Crippen LogP contribution in [-0.4, -0.2) is 4.98 Å². The number of pyridine rings is 1. The normalized spacial score (nSPS) is 10.3. The van der Waals surface area contributed by atoms with Crippen LogP contribution in [0.2, 0.25) is 0 Å². The van der Waals surface area contributed by atoms with Gasteiger partial charge in [-0.3, -0.25) is 0 Å².